The average Bonchev–Trinajstić information content (AvgIpc) is 2.59. The van der Waals surface area contributed by atoms with Crippen LogP contribution in [0.2, 0.25) is 0 Å². The summed E-state index contributed by atoms with van der Waals surface area (Å²) in [5.41, 5.74) is 0.960. The fraction of sp³-hybridized carbons (Fsp3) is 0.111. The highest BCUT2D eigenvalue weighted by Crippen LogP contribution is 2.30. The number of nitriles is 1. The van der Waals surface area contributed by atoms with Gasteiger partial charge in [-0.1, -0.05) is 28.1 Å². The maximum atomic E-state index is 8.68. The molecule has 0 aliphatic heterocycles. The molecular weight excluding hydrogens is 248 g/mol. The van der Waals surface area contributed by atoms with Crippen LogP contribution < -0.4 is 0 Å². The number of nitrogens with zero attached hydrogens (tertiary/aromatic N) is 2. The molecule has 2 aromatic rings. The van der Waals surface area contributed by atoms with E-state index in [1.165, 1.54) is 0 Å². The molecule has 1 atom stereocenters. The Labute approximate surface area is 88.0 Å². The van der Waals surface area contributed by atoms with Gasteiger partial charge in [-0.2, -0.15) is 5.26 Å². The molecule has 1 unspecified atom stereocenters. The van der Waals surface area contributed by atoms with Crippen molar-refractivity contribution in [3.63, 3.8) is 0 Å². The van der Waals surface area contributed by atoms with Crippen molar-refractivity contribution in [1.29, 1.82) is 5.26 Å². The van der Waals surface area contributed by atoms with Gasteiger partial charge in [0.1, 0.15) is 5.01 Å². The zero-order valence-electron chi connectivity index (χ0n) is 6.57. The van der Waals surface area contributed by atoms with E-state index >= 15 is 0 Å². The van der Waals surface area contributed by atoms with E-state index in [4.69, 9.17) is 5.26 Å². The maximum Gasteiger partial charge on any atom is 0.153 e. The Bertz CT molecular complexity index is 439. The largest absolute Gasteiger partial charge is 0.239 e. The van der Waals surface area contributed by atoms with Gasteiger partial charge in [-0.15, -0.1) is 11.3 Å². The Kier molecular flexibility index (Phi) is 2.30. The monoisotopic (exact) mass is 252 g/mol. The van der Waals surface area contributed by atoms with E-state index in [2.05, 4.69) is 27.0 Å². The minimum absolute atomic E-state index is 0.287. The topological polar surface area (TPSA) is 36.7 Å². The zero-order chi connectivity index (χ0) is 9.26. The third kappa shape index (κ3) is 1.58. The van der Waals surface area contributed by atoms with Gasteiger partial charge in [-0.05, 0) is 12.1 Å². The van der Waals surface area contributed by atoms with Gasteiger partial charge in [0.25, 0.3) is 0 Å². The van der Waals surface area contributed by atoms with Crippen molar-refractivity contribution >= 4 is 37.5 Å². The number of aromatic nitrogens is 1. The Hall–Kier alpha value is -0.920. The molecule has 0 fully saturated rings. The Balaban J connectivity index is 2.57. The van der Waals surface area contributed by atoms with E-state index in [-0.39, 0.29) is 4.83 Å². The van der Waals surface area contributed by atoms with Crippen LogP contribution in [0.4, 0.5) is 0 Å². The lowest BCUT2D eigenvalue weighted by molar-refractivity contribution is 1.20. The number of fused-ring (bicyclic) bond motifs is 1. The van der Waals surface area contributed by atoms with E-state index in [9.17, 15) is 0 Å². The minimum atomic E-state index is -0.287. The van der Waals surface area contributed by atoms with Crippen molar-refractivity contribution in [2.75, 3.05) is 0 Å². The number of para-hydroxylation sites is 1. The molecule has 2 nitrogen and oxygen atoms in total. The lowest BCUT2D eigenvalue weighted by atomic mass is 10.3. The van der Waals surface area contributed by atoms with Gasteiger partial charge in [0.15, 0.2) is 4.83 Å². The lowest BCUT2D eigenvalue weighted by Gasteiger charge is -1.89. The summed E-state index contributed by atoms with van der Waals surface area (Å²) in [6.45, 7) is 0. The van der Waals surface area contributed by atoms with Gasteiger partial charge < -0.3 is 0 Å². The summed E-state index contributed by atoms with van der Waals surface area (Å²) in [5.74, 6) is 0. The number of rotatable bonds is 1. The first-order chi connectivity index (χ1) is 6.31. The summed E-state index contributed by atoms with van der Waals surface area (Å²) in [5, 5.41) is 9.51. The number of benzene rings is 1. The number of thiazole rings is 1. The molecule has 0 spiro atoms. The summed E-state index contributed by atoms with van der Waals surface area (Å²) < 4.78 is 1.12. The van der Waals surface area contributed by atoms with Crippen LogP contribution in [0, 0.1) is 11.3 Å². The second kappa shape index (κ2) is 3.44. The average molecular weight is 253 g/mol. The molecule has 0 bridgehead atoms. The van der Waals surface area contributed by atoms with Gasteiger partial charge in [-0.3, -0.25) is 0 Å². The minimum Gasteiger partial charge on any atom is -0.239 e. The van der Waals surface area contributed by atoms with E-state index in [1.54, 1.807) is 11.3 Å². The Morgan fingerprint density at radius 2 is 2.23 bits per heavy atom. The first kappa shape index (κ1) is 8.67. The van der Waals surface area contributed by atoms with Crippen LogP contribution in [-0.2, 0) is 0 Å². The molecule has 13 heavy (non-hydrogen) atoms. The molecule has 0 saturated heterocycles. The molecular formula is C9H5BrN2S. The summed E-state index contributed by atoms with van der Waals surface area (Å²) in [6.07, 6.45) is 0. The highest BCUT2D eigenvalue weighted by Gasteiger charge is 2.10. The van der Waals surface area contributed by atoms with Crippen LogP contribution in [0.1, 0.15) is 9.83 Å². The highest BCUT2D eigenvalue weighted by molar-refractivity contribution is 9.09. The van der Waals surface area contributed by atoms with Crippen LogP contribution in [0.15, 0.2) is 24.3 Å². The molecule has 0 radical (unpaired) electrons. The standard InChI is InChI=1S/C9H5BrN2S/c10-6(5-11)9-12-7-3-1-2-4-8(7)13-9/h1-4,6H. The molecule has 0 amide bonds. The van der Waals surface area contributed by atoms with Crippen molar-refractivity contribution in [3.05, 3.63) is 29.3 Å². The van der Waals surface area contributed by atoms with Gasteiger partial charge in [0, 0.05) is 0 Å². The predicted molar refractivity (Wildman–Crippen MR) is 56.9 cm³/mol. The smallest absolute Gasteiger partial charge is 0.153 e. The molecule has 1 aromatic carbocycles. The van der Waals surface area contributed by atoms with Crippen molar-refractivity contribution in [1.82, 2.24) is 4.98 Å². The van der Waals surface area contributed by atoms with Crippen molar-refractivity contribution in [3.8, 4) is 6.07 Å². The first-order valence-electron chi connectivity index (χ1n) is 3.70. The zero-order valence-corrected chi connectivity index (χ0v) is 8.97. The van der Waals surface area contributed by atoms with E-state index in [1.807, 2.05) is 24.3 Å². The Morgan fingerprint density at radius 1 is 1.46 bits per heavy atom. The van der Waals surface area contributed by atoms with Crippen LogP contribution in [0.25, 0.3) is 10.2 Å². The van der Waals surface area contributed by atoms with Crippen LogP contribution in [-0.4, -0.2) is 4.98 Å². The van der Waals surface area contributed by atoms with Gasteiger partial charge in [-0.25, -0.2) is 4.98 Å². The summed E-state index contributed by atoms with van der Waals surface area (Å²) in [4.78, 5) is 4.05. The second-order valence-electron chi connectivity index (χ2n) is 2.51. The SMILES string of the molecule is N#CC(Br)c1nc2ccccc2s1. The van der Waals surface area contributed by atoms with Crippen LogP contribution >= 0.6 is 27.3 Å². The molecule has 1 heterocycles. The lowest BCUT2D eigenvalue weighted by Crippen LogP contribution is -1.81. The van der Waals surface area contributed by atoms with Crippen LogP contribution in [0.5, 0.6) is 0 Å². The second-order valence-corrected chi connectivity index (χ2v) is 4.49. The van der Waals surface area contributed by atoms with Gasteiger partial charge in [0.2, 0.25) is 0 Å². The molecule has 0 aliphatic carbocycles. The maximum absolute atomic E-state index is 8.68. The first-order valence-corrected chi connectivity index (χ1v) is 5.43. The highest BCUT2D eigenvalue weighted by atomic mass is 79.9. The van der Waals surface area contributed by atoms with Gasteiger partial charge >= 0.3 is 0 Å². The van der Waals surface area contributed by atoms with Gasteiger partial charge in [0.05, 0.1) is 16.3 Å². The van der Waals surface area contributed by atoms with E-state index in [0.717, 1.165) is 15.2 Å². The summed E-state index contributed by atoms with van der Waals surface area (Å²) in [6, 6.07) is 9.98. The molecule has 0 saturated carbocycles. The number of hydrogen-bond acceptors (Lipinski definition) is 3. The summed E-state index contributed by atoms with van der Waals surface area (Å²) >= 11 is 4.80. The number of alkyl halides is 1. The number of halogens is 1. The fourth-order valence-corrected chi connectivity index (χ4v) is 2.33. The van der Waals surface area contributed by atoms with Crippen molar-refractivity contribution in [2.45, 2.75) is 4.83 Å². The molecule has 4 heteroatoms. The third-order valence-corrected chi connectivity index (χ3v) is 3.68. The molecule has 64 valence electrons. The Morgan fingerprint density at radius 3 is 2.92 bits per heavy atom. The number of hydrogen-bond donors (Lipinski definition) is 0. The predicted octanol–water partition coefficient (Wildman–Crippen LogP) is 3.26. The van der Waals surface area contributed by atoms with Crippen LogP contribution in [0.3, 0.4) is 0 Å². The molecule has 2 rings (SSSR count). The van der Waals surface area contributed by atoms with E-state index in [0.29, 0.717) is 0 Å². The van der Waals surface area contributed by atoms with Crippen molar-refractivity contribution < 1.29 is 0 Å². The summed E-state index contributed by atoms with van der Waals surface area (Å²) in [7, 11) is 0. The third-order valence-electron chi connectivity index (χ3n) is 1.64. The molecule has 0 N–H and O–H groups in total. The molecule has 1 aromatic heterocycles. The van der Waals surface area contributed by atoms with Crippen molar-refractivity contribution in [2.24, 2.45) is 0 Å². The van der Waals surface area contributed by atoms with E-state index < -0.39 is 0 Å². The normalized spacial score (nSPS) is 12.6. The molecule has 0 aliphatic rings. The fourth-order valence-electron chi connectivity index (χ4n) is 1.05. The quantitative estimate of drug-likeness (QED) is 0.731.